The summed E-state index contributed by atoms with van der Waals surface area (Å²) in [6.45, 7) is 4.82. The molecule has 2 aliphatic carbocycles. The molecule has 43 heavy (non-hydrogen) atoms. The van der Waals surface area contributed by atoms with Crippen LogP contribution in [-0.4, -0.2) is 49.6 Å². The van der Waals surface area contributed by atoms with Crippen molar-refractivity contribution >= 4 is 44.5 Å². The maximum atomic E-state index is 15.3. The first kappa shape index (κ1) is 30.6. The number of ketones is 1. The number of benzene rings is 2. The fourth-order valence-electron chi connectivity index (χ4n) is 6.33. The summed E-state index contributed by atoms with van der Waals surface area (Å²) in [5, 5.41) is 5.35. The van der Waals surface area contributed by atoms with Gasteiger partial charge in [-0.2, -0.15) is 0 Å². The number of halogens is 3. The van der Waals surface area contributed by atoms with Gasteiger partial charge in [-0.3, -0.25) is 4.79 Å². The lowest BCUT2D eigenvalue weighted by atomic mass is 10.0. The largest absolute Gasteiger partial charge is 0.373 e. The normalized spacial score (nSPS) is 21.7. The van der Waals surface area contributed by atoms with Gasteiger partial charge in [0.1, 0.15) is 23.0 Å². The molecule has 7 nitrogen and oxygen atoms in total. The average molecular weight is 650 g/mol. The molecule has 3 aromatic rings. The Balaban J connectivity index is 1.11. The van der Waals surface area contributed by atoms with Crippen LogP contribution < -0.4 is 4.90 Å². The van der Waals surface area contributed by atoms with Crippen LogP contribution in [0.2, 0.25) is 10.0 Å². The van der Waals surface area contributed by atoms with E-state index in [-0.39, 0.29) is 35.3 Å². The molecule has 2 bridgehead atoms. The quantitative estimate of drug-likeness (QED) is 0.188. The molecule has 0 unspecified atom stereocenters. The number of hydrogen-bond acceptors (Lipinski definition) is 7. The summed E-state index contributed by atoms with van der Waals surface area (Å²) in [6, 6.07) is 9.75. The Bertz CT molecular complexity index is 1620. The first-order valence-electron chi connectivity index (χ1n) is 14.8. The highest BCUT2D eigenvalue weighted by Gasteiger charge is 2.46. The van der Waals surface area contributed by atoms with Crippen LogP contribution in [0.25, 0.3) is 11.3 Å². The molecular weight excluding hydrogens is 614 g/mol. The molecule has 6 rings (SSSR count). The van der Waals surface area contributed by atoms with E-state index in [4.69, 9.17) is 32.5 Å². The fraction of sp³-hybridized carbons (Fsp3) is 0.500. The summed E-state index contributed by atoms with van der Waals surface area (Å²) < 4.78 is 52.2. The van der Waals surface area contributed by atoms with Gasteiger partial charge in [-0.1, -0.05) is 48.3 Å². The number of nitrogens with zero attached hydrogens (tertiary/aromatic N) is 2. The maximum Gasteiger partial charge on any atom is 0.177 e. The van der Waals surface area contributed by atoms with Crippen molar-refractivity contribution in [2.24, 2.45) is 11.8 Å². The lowest BCUT2D eigenvalue weighted by Gasteiger charge is -2.33. The van der Waals surface area contributed by atoms with E-state index in [1.807, 2.05) is 18.7 Å². The molecule has 1 aliphatic heterocycles. The standard InChI is InChI=1S/C32H35Cl2FN2O5S/c1-18(2)10-11-43(39,40)17-28(38)20-8-9-27(26(35)13-20)37-15-21-12-22(37)14-29(21)41-16-23-31(36-42-32(23)19-6-7-19)30-24(33)4-3-5-25(30)34/h3-5,8-9,13,18-19,21-22,29H,6-7,10-12,14-17H2,1-2H3/t21-,22-,29+/m0/s1. The van der Waals surface area contributed by atoms with E-state index in [0.29, 0.717) is 52.5 Å². The highest BCUT2D eigenvalue weighted by molar-refractivity contribution is 7.92. The number of sulfone groups is 1. The monoisotopic (exact) mass is 648 g/mol. The van der Waals surface area contributed by atoms with Gasteiger partial charge in [-0.15, -0.1) is 0 Å². The molecule has 3 atom stereocenters. The number of rotatable bonds is 12. The maximum absolute atomic E-state index is 15.3. The Hall–Kier alpha value is -2.46. The Morgan fingerprint density at radius 1 is 1.16 bits per heavy atom. The SMILES string of the molecule is CC(C)CCS(=O)(=O)CC(=O)c1ccc(N2C[C@@H]3C[C@H]2C[C@H]3OCc2c(-c3c(Cl)cccc3Cl)noc2C2CC2)c(F)c1. The van der Waals surface area contributed by atoms with Crippen LogP contribution in [0.15, 0.2) is 40.9 Å². The van der Waals surface area contributed by atoms with E-state index < -0.39 is 27.2 Å². The smallest absolute Gasteiger partial charge is 0.177 e. The molecule has 0 N–H and O–H groups in total. The highest BCUT2D eigenvalue weighted by Crippen LogP contribution is 2.47. The van der Waals surface area contributed by atoms with Crippen LogP contribution in [0.1, 0.15) is 73.6 Å². The second-order valence-corrected chi connectivity index (χ2v) is 15.5. The van der Waals surface area contributed by atoms with Crippen LogP contribution >= 0.6 is 23.2 Å². The van der Waals surface area contributed by atoms with Gasteiger partial charge in [-0.05, 0) is 68.4 Å². The van der Waals surface area contributed by atoms with Crippen LogP contribution in [0, 0.1) is 17.7 Å². The third-order valence-corrected chi connectivity index (χ3v) is 11.0. The summed E-state index contributed by atoms with van der Waals surface area (Å²) in [5.41, 5.74) is 2.65. The van der Waals surface area contributed by atoms with Crippen molar-refractivity contribution < 1.29 is 26.9 Å². The second kappa shape index (κ2) is 12.1. The third kappa shape index (κ3) is 6.51. The lowest BCUT2D eigenvalue weighted by molar-refractivity contribution is 0.0122. The van der Waals surface area contributed by atoms with E-state index in [1.54, 1.807) is 24.3 Å². The number of Topliss-reactive ketones (excluding diaryl/α,β-unsaturated/α-hetero) is 1. The van der Waals surface area contributed by atoms with Crippen LogP contribution in [-0.2, 0) is 21.2 Å². The molecule has 2 heterocycles. The molecule has 1 saturated heterocycles. The molecule has 2 aromatic carbocycles. The van der Waals surface area contributed by atoms with Gasteiger partial charge in [0.25, 0.3) is 0 Å². The molecule has 3 aliphatic rings. The number of anilines is 1. The van der Waals surface area contributed by atoms with Gasteiger partial charge < -0.3 is 14.2 Å². The number of hydrogen-bond donors (Lipinski definition) is 0. The van der Waals surface area contributed by atoms with E-state index in [0.717, 1.165) is 37.0 Å². The number of piperidine rings is 1. The van der Waals surface area contributed by atoms with Gasteiger partial charge in [0, 0.05) is 41.1 Å². The Kier molecular flexibility index (Phi) is 8.63. The average Bonchev–Trinajstić information content (AvgIpc) is 3.40. The number of ether oxygens (including phenoxy) is 1. The summed E-state index contributed by atoms with van der Waals surface area (Å²) in [5.74, 6) is -0.160. The van der Waals surface area contributed by atoms with Crippen LogP contribution in [0.4, 0.5) is 10.1 Å². The molecule has 0 radical (unpaired) electrons. The number of aromatic nitrogens is 1. The van der Waals surface area contributed by atoms with Gasteiger partial charge in [0.15, 0.2) is 15.6 Å². The molecular formula is C32H35Cl2FN2O5S. The van der Waals surface area contributed by atoms with Crippen molar-refractivity contribution in [1.29, 1.82) is 0 Å². The molecule has 3 fully saturated rings. The Morgan fingerprint density at radius 3 is 2.53 bits per heavy atom. The van der Waals surface area contributed by atoms with Crippen molar-refractivity contribution in [3.63, 3.8) is 0 Å². The minimum atomic E-state index is -3.54. The van der Waals surface area contributed by atoms with Crippen molar-refractivity contribution in [2.75, 3.05) is 23.0 Å². The minimum Gasteiger partial charge on any atom is -0.373 e. The predicted molar refractivity (Wildman–Crippen MR) is 165 cm³/mol. The van der Waals surface area contributed by atoms with Gasteiger partial charge in [-0.25, -0.2) is 12.8 Å². The molecule has 0 amide bonds. The van der Waals surface area contributed by atoms with Crippen molar-refractivity contribution in [2.45, 2.75) is 70.6 Å². The van der Waals surface area contributed by atoms with Gasteiger partial charge >= 0.3 is 0 Å². The molecule has 230 valence electrons. The molecule has 2 saturated carbocycles. The van der Waals surface area contributed by atoms with E-state index in [1.165, 1.54) is 12.1 Å². The lowest BCUT2D eigenvalue weighted by Crippen LogP contribution is -2.39. The summed E-state index contributed by atoms with van der Waals surface area (Å²) in [4.78, 5) is 14.7. The Labute approximate surface area is 261 Å². The predicted octanol–water partition coefficient (Wildman–Crippen LogP) is 7.49. The zero-order valence-corrected chi connectivity index (χ0v) is 26.5. The highest BCUT2D eigenvalue weighted by atomic mass is 35.5. The third-order valence-electron chi connectivity index (χ3n) is 8.82. The number of carbonyl (C=O) groups is 1. The van der Waals surface area contributed by atoms with Gasteiger partial charge in [0.05, 0.1) is 34.2 Å². The molecule has 0 spiro atoms. The van der Waals surface area contributed by atoms with Crippen LogP contribution in [0.3, 0.4) is 0 Å². The fourth-order valence-corrected chi connectivity index (χ4v) is 8.45. The van der Waals surface area contributed by atoms with E-state index in [2.05, 4.69) is 5.16 Å². The van der Waals surface area contributed by atoms with E-state index in [9.17, 15) is 13.2 Å². The zero-order chi connectivity index (χ0) is 30.5. The molecule has 11 heteroatoms. The first-order chi connectivity index (χ1) is 20.5. The summed E-state index contributed by atoms with van der Waals surface area (Å²) in [7, 11) is -3.54. The zero-order valence-electron chi connectivity index (χ0n) is 24.2. The van der Waals surface area contributed by atoms with Crippen molar-refractivity contribution in [3.8, 4) is 11.3 Å². The topological polar surface area (TPSA) is 89.7 Å². The summed E-state index contributed by atoms with van der Waals surface area (Å²) >= 11 is 13.0. The van der Waals surface area contributed by atoms with Crippen molar-refractivity contribution in [3.05, 3.63) is 69.1 Å². The first-order valence-corrected chi connectivity index (χ1v) is 17.4. The van der Waals surface area contributed by atoms with Gasteiger partial charge in [0.2, 0.25) is 0 Å². The summed E-state index contributed by atoms with van der Waals surface area (Å²) in [6.07, 6.45) is 4.20. The van der Waals surface area contributed by atoms with Crippen LogP contribution in [0.5, 0.6) is 0 Å². The minimum absolute atomic E-state index is 0.00210. The van der Waals surface area contributed by atoms with Crippen molar-refractivity contribution in [1.82, 2.24) is 5.16 Å². The number of fused-ring (bicyclic) bond motifs is 2. The number of carbonyl (C=O) groups excluding carboxylic acids is 1. The second-order valence-electron chi connectivity index (χ2n) is 12.5. The Morgan fingerprint density at radius 2 is 1.91 bits per heavy atom. The molecule has 1 aromatic heterocycles. The van der Waals surface area contributed by atoms with E-state index >= 15 is 4.39 Å².